The van der Waals surface area contributed by atoms with Crippen molar-refractivity contribution in [2.75, 3.05) is 52.9 Å². The Bertz CT molecular complexity index is 705. The third kappa shape index (κ3) is 7.60. The summed E-state index contributed by atoms with van der Waals surface area (Å²) in [7, 11) is 1.81. The maximum absolute atomic E-state index is 12.7. The fraction of sp³-hybridized carbons (Fsp3) is 0.783. The number of carbonyl (C=O) groups excluding carboxylic acids is 1. The summed E-state index contributed by atoms with van der Waals surface area (Å²) in [5.74, 6) is 2.46. The van der Waals surface area contributed by atoms with Crippen molar-refractivity contribution >= 4 is 35.8 Å². The normalized spacial score (nSPS) is 18.4. The first-order valence-electron chi connectivity index (χ1n) is 12.1. The van der Waals surface area contributed by atoms with Crippen molar-refractivity contribution in [2.45, 2.75) is 64.8 Å². The topological polar surface area (TPSA) is 77.2 Å². The van der Waals surface area contributed by atoms with Gasteiger partial charge < -0.3 is 19.6 Å². The molecule has 3 rings (SSSR count). The fourth-order valence-electron chi connectivity index (χ4n) is 4.54. The summed E-state index contributed by atoms with van der Waals surface area (Å²) in [4.78, 5) is 23.7. The van der Waals surface area contributed by atoms with Crippen LogP contribution in [0.15, 0.2) is 15.6 Å². The molecule has 0 unspecified atom stereocenters. The van der Waals surface area contributed by atoms with Crippen molar-refractivity contribution < 1.29 is 9.32 Å². The molecule has 0 bridgehead atoms. The molecule has 0 radical (unpaired) electrons. The number of rotatable bonds is 7. The highest BCUT2D eigenvalue weighted by Crippen LogP contribution is 2.22. The Morgan fingerprint density at radius 1 is 1.06 bits per heavy atom. The fourth-order valence-corrected chi connectivity index (χ4v) is 4.54. The van der Waals surface area contributed by atoms with Crippen LogP contribution >= 0.6 is 24.0 Å². The Morgan fingerprint density at radius 2 is 1.72 bits per heavy atom. The molecule has 8 nitrogen and oxygen atoms in total. The van der Waals surface area contributed by atoms with Crippen molar-refractivity contribution in [3.63, 3.8) is 0 Å². The maximum atomic E-state index is 12.7. The second-order valence-corrected chi connectivity index (χ2v) is 8.69. The molecule has 0 aromatic carbocycles. The summed E-state index contributed by atoms with van der Waals surface area (Å²) in [6, 6.07) is 2.06. The van der Waals surface area contributed by atoms with E-state index in [1.54, 1.807) is 0 Å². The summed E-state index contributed by atoms with van der Waals surface area (Å²) >= 11 is 0. The smallest absolute Gasteiger partial charge is 0.236 e. The van der Waals surface area contributed by atoms with Crippen molar-refractivity contribution in [3.8, 4) is 0 Å². The molecule has 1 N–H and O–H groups in total. The number of guanidine groups is 1. The number of hydrogen-bond donors (Lipinski definition) is 1. The van der Waals surface area contributed by atoms with Crippen LogP contribution in [0.1, 0.15) is 69.7 Å². The van der Waals surface area contributed by atoms with E-state index < -0.39 is 0 Å². The Labute approximate surface area is 210 Å². The molecule has 2 aliphatic heterocycles. The van der Waals surface area contributed by atoms with Gasteiger partial charge in [0.1, 0.15) is 0 Å². The predicted molar refractivity (Wildman–Crippen MR) is 139 cm³/mol. The number of halogens is 1. The highest BCUT2D eigenvalue weighted by Gasteiger charge is 2.24. The molecule has 32 heavy (non-hydrogen) atoms. The first-order chi connectivity index (χ1) is 15.1. The first-order valence-corrected chi connectivity index (χ1v) is 12.1. The predicted octanol–water partition coefficient (Wildman–Crippen LogP) is 3.29. The molecule has 3 heterocycles. The lowest BCUT2D eigenvalue weighted by Crippen LogP contribution is -2.54. The van der Waals surface area contributed by atoms with Gasteiger partial charge in [0.2, 0.25) is 5.91 Å². The van der Waals surface area contributed by atoms with E-state index in [-0.39, 0.29) is 29.9 Å². The monoisotopic (exact) mass is 560 g/mol. The van der Waals surface area contributed by atoms with Gasteiger partial charge in [-0.1, -0.05) is 31.8 Å². The van der Waals surface area contributed by atoms with Crippen LogP contribution in [0, 0.1) is 0 Å². The van der Waals surface area contributed by atoms with Crippen LogP contribution < -0.4 is 5.32 Å². The minimum absolute atomic E-state index is 0. The number of aromatic nitrogens is 1. The molecule has 9 heteroatoms. The van der Waals surface area contributed by atoms with E-state index in [2.05, 4.69) is 50.1 Å². The van der Waals surface area contributed by atoms with Gasteiger partial charge in [-0.25, -0.2) is 0 Å². The van der Waals surface area contributed by atoms with Crippen LogP contribution in [0.4, 0.5) is 0 Å². The quantitative estimate of drug-likeness (QED) is 0.314. The molecule has 0 saturated carbocycles. The molecule has 0 spiro atoms. The zero-order valence-corrected chi connectivity index (χ0v) is 22.3. The van der Waals surface area contributed by atoms with Gasteiger partial charge in [-0.3, -0.25) is 14.7 Å². The van der Waals surface area contributed by atoms with Gasteiger partial charge >= 0.3 is 0 Å². The van der Waals surface area contributed by atoms with Crippen LogP contribution in [-0.4, -0.2) is 84.6 Å². The standard InChI is InChI=1S/C23H40N6O2.HI/c1-4-19(5-2)21-16-20(31-26-21)17-25-23(24-3)29-14-12-27(13-15-29)18-22(30)28-10-8-6-7-9-11-28;/h16,19H,4-15,17-18H2,1-3H3,(H,24,25);1H. The summed E-state index contributed by atoms with van der Waals surface area (Å²) in [5.41, 5.74) is 1.04. The van der Waals surface area contributed by atoms with Crippen molar-refractivity contribution in [2.24, 2.45) is 4.99 Å². The molecule has 1 aromatic rings. The highest BCUT2D eigenvalue weighted by atomic mass is 127. The van der Waals surface area contributed by atoms with E-state index in [1.807, 2.05) is 7.05 Å². The van der Waals surface area contributed by atoms with Gasteiger partial charge in [-0.15, -0.1) is 24.0 Å². The Morgan fingerprint density at radius 3 is 2.31 bits per heavy atom. The number of nitrogens with zero attached hydrogens (tertiary/aromatic N) is 5. The SMILES string of the molecule is CCC(CC)c1cc(CNC(=NC)N2CCN(CC(=O)N3CCCCCC3)CC2)on1.I. The second kappa shape index (κ2) is 14.0. The van der Waals surface area contributed by atoms with Gasteiger partial charge in [0, 0.05) is 58.3 Å². The molecule has 0 atom stereocenters. The highest BCUT2D eigenvalue weighted by molar-refractivity contribution is 14.0. The molecule has 182 valence electrons. The zero-order valence-electron chi connectivity index (χ0n) is 20.0. The zero-order chi connectivity index (χ0) is 22.1. The van der Waals surface area contributed by atoms with Crippen molar-refractivity contribution in [1.29, 1.82) is 0 Å². The number of aliphatic imine (C=N–C) groups is 1. The number of amides is 1. The summed E-state index contributed by atoms with van der Waals surface area (Å²) < 4.78 is 5.52. The van der Waals surface area contributed by atoms with Gasteiger partial charge in [-0.2, -0.15) is 0 Å². The largest absolute Gasteiger partial charge is 0.359 e. The molecule has 1 amide bonds. The van der Waals surface area contributed by atoms with Gasteiger partial charge in [0.25, 0.3) is 0 Å². The first kappa shape index (κ1) is 26.9. The van der Waals surface area contributed by atoms with Crippen LogP contribution in [-0.2, 0) is 11.3 Å². The molecule has 0 aliphatic carbocycles. The number of piperazine rings is 1. The number of likely N-dealkylation sites (tertiary alicyclic amines) is 1. The van der Waals surface area contributed by atoms with Gasteiger partial charge in [-0.05, 0) is 25.7 Å². The summed E-state index contributed by atoms with van der Waals surface area (Å²) in [5, 5.41) is 7.65. The average Bonchev–Trinajstić information content (AvgIpc) is 3.08. The molecule has 2 saturated heterocycles. The van der Waals surface area contributed by atoms with Gasteiger partial charge in [0.05, 0.1) is 18.8 Å². The van der Waals surface area contributed by atoms with Gasteiger partial charge in [0.15, 0.2) is 11.7 Å². The summed E-state index contributed by atoms with van der Waals surface area (Å²) in [6.45, 7) is 10.8. The minimum Gasteiger partial charge on any atom is -0.359 e. The number of hydrogen-bond acceptors (Lipinski definition) is 5. The van der Waals surface area contributed by atoms with Crippen molar-refractivity contribution in [1.82, 2.24) is 25.2 Å². The number of carbonyl (C=O) groups is 1. The molecule has 2 fully saturated rings. The lowest BCUT2D eigenvalue weighted by atomic mass is 9.99. The van der Waals surface area contributed by atoms with Crippen LogP contribution in [0.2, 0.25) is 0 Å². The number of nitrogens with one attached hydrogen (secondary N) is 1. The Hall–Kier alpha value is -1.36. The van der Waals surface area contributed by atoms with E-state index in [0.717, 1.165) is 82.4 Å². The van der Waals surface area contributed by atoms with E-state index in [9.17, 15) is 4.79 Å². The van der Waals surface area contributed by atoms with Crippen LogP contribution in [0.3, 0.4) is 0 Å². The average molecular weight is 561 g/mol. The van der Waals surface area contributed by atoms with Crippen LogP contribution in [0.5, 0.6) is 0 Å². The van der Waals surface area contributed by atoms with Crippen LogP contribution in [0.25, 0.3) is 0 Å². The Balaban J connectivity index is 0.00000363. The second-order valence-electron chi connectivity index (χ2n) is 8.69. The molecular formula is C23H41IN6O2. The Kier molecular flexibility index (Phi) is 11.8. The van der Waals surface area contributed by atoms with E-state index >= 15 is 0 Å². The maximum Gasteiger partial charge on any atom is 0.236 e. The van der Waals surface area contributed by atoms with E-state index in [0.29, 0.717) is 19.0 Å². The van der Waals surface area contributed by atoms with Crippen molar-refractivity contribution in [3.05, 3.63) is 17.5 Å². The lowest BCUT2D eigenvalue weighted by molar-refractivity contribution is -0.132. The molecule has 2 aliphatic rings. The lowest BCUT2D eigenvalue weighted by Gasteiger charge is -2.36. The summed E-state index contributed by atoms with van der Waals surface area (Å²) in [6.07, 6.45) is 6.94. The molecule has 1 aromatic heterocycles. The minimum atomic E-state index is 0. The third-order valence-corrected chi connectivity index (χ3v) is 6.60. The third-order valence-electron chi connectivity index (χ3n) is 6.60. The van der Waals surface area contributed by atoms with E-state index in [4.69, 9.17) is 4.52 Å². The van der Waals surface area contributed by atoms with E-state index in [1.165, 1.54) is 12.8 Å². The molecular weight excluding hydrogens is 519 g/mol.